The van der Waals surface area contributed by atoms with E-state index in [1.807, 2.05) is 25.1 Å². The van der Waals surface area contributed by atoms with Gasteiger partial charge in [-0.1, -0.05) is 18.2 Å². The summed E-state index contributed by atoms with van der Waals surface area (Å²) >= 11 is 0. The molecule has 2 aromatic carbocycles. The fourth-order valence-corrected chi connectivity index (χ4v) is 2.22. The maximum absolute atomic E-state index is 12.3. The molecule has 0 N–H and O–H groups in total. The Bertz CT molecular complexity index is 827. The first-order valence-corrected chi connectivity index (χ1v) is 8.07. The third kappa shape index (κ3) is 4.72. The summed E-state index contributed by atoms with van der Waals surface area (Å²) in [7, 11) is 1.42. The Balaban J connectivity index is 2.38. The average Bonchev–Trinajstić information content (AvgIpc) is 2.54. The van der Waals surface area contributed by atoms with Crippen molar-refractivity contribution < 1.29 is 19.2 Å². The molecule has 1 amide bonds. The molecule has 0 aromatic heterocycles. The minimum Gasteiger partial charge on any atom is -0.457 e. The number of aryl methyl sites for hydroxylation is 1. The quantitative estimate of drug-likeness (QED) is 0.563. The van der Waals surface area contributed by atoms with E-state index in [4.69, 9.17) is 9.47 Å². The number of amides is 1. The van der Waals surface area contributed by atoms with Gasteiger partial charge in [-0.05, 0) is 45.4 Å². The van der Waals surface area contributed by atoms with Gasteiger partial charge in [-0.2, -0.15) is 0 Å². The zero-order chi connectivity index (χ0) is 19.5. The number of nitro benzene ring substituents is 1. The van der Waals surface area contributed by atoms with Crippen LogP contribution in [-0.4, -0.2) is 23.7 Å². The number of para-hydroxylation sites is 1. The van der Waals surface area contributed by atoms with Crippen molar-refractivity contribution in [2.45, 2.75) is 33.3 Å². The summed E-state index contributed by atoms with van der Waals surface area (Å²) in [5.74, 6) is 1.02. The molecule has 26 heavy (non-hydrogen) atoms. The van der Waals surface area contributed by atoms with Crippen LogP contribution in [0.25, 0.3) is 0 Å². The molecule has 138 valence electrons. The third-order valence-electron chi connectivity index (χ3n) is 3.49. The summed E-state index contributed by atoms with van der Waals surface area (Å²) in [5.41, 5.74) is 0.0915. The van der Waals surface area contributed by atoms with Crippen LogP contribution in [0.2, 0.25) is 0 Å². The lowest BCUT2D eigenvalue weighted by Crippen LogP contribution is -2.34. The largest absolute Gasteiger partial charge is 0.457 e. The highest BCUT2D eigenvalue weighted by atomic mass is 16.6. The number of hydrogen-bond acceptors (Lipinski definition) is 5. The number of rotatable bonds is 4. The van der Waals surface area contributed by atoms with Crippen LogP contribution in [0, 0.1) is 17.0 Å². The van der Waals surface area contributed by atoms with Crippen LogP contribution in [0.3, 0.4) is 0 Å². The molecule has 0 aliphatic rings. The van der Waals surface area contributed by atoms with Crippen molar-refractivity contribution in [1.29, 1.82) is 0 Å². The fourth-order valence-electron chi connectivity index (χ4n) is 2.22. The van der Waals surface area contributed by atoms with Crippen molar-refractivity contribution in [3.05, 3.63) is 58.1 Å². The van der Waals surface area contributed by atoms with E-state index in [1.165, 1.54) is 25.2 Å². The molecule has 2 rings (SSSR count). The zero-order valence-electron chi connectivity index (χ0n) is 15.5. The van der Waals surface area contributed by atoms with Gasteiger partial charge in [-0.15, -0.1) is 0 Å². The van der Waals surface area contributed by atoms with Crippen LogP contribution in [0.1, 0.15) is 26.3 Å². The van der Waals surface area contributed by atoms with E-state index in [1.54, 1.807) is 26.8 Å². The number of anilines is 1. The van der Waals surface area contributed by atoms with Gasteiger partial charge in [0.2, 0.25) is 0 Å². The normalized spacial score (nSPS) is 11.0. The summed E-state index contributed by atoms with van der Waals surface area (Å²) in [4.78, 5) is 24.2. The number of benzene rings is 2. The lowest BCUT2D eigenvalue weighted by Gasteiger charge is -2.24. The molecule has 0 saturated heterocycles. The summed E-state index contributed by atoms with van der Waals surface area (Å²) < 4.78 is 11.1. The molecular weight excluding hydrogens is 336 g/mol. The molecule has 7 heteroatoms. The zero-order valence-corrected chi connectivity index (χ0v) is 15.5. The Morgan fingerprint density at radius 1 is 1.15 bits per heavy atom. The van der Waals surface area contributed by atoms with Crippen LogP contribution in [-0.2, 0) is 4.74 Å². The van der Waals surface area contributed by atoms with Gasteiger partial charge in [-0.3, -0.25) is 15.0 Å². The number of ether oxygens (including phenoxy) is 2. The molecule has 0 radical (unpaired) electrons. The van der Waals surface area contributed by atoms with E-state index in [-0.39, 0.29) is 11.4 Å². The van der Waals surface area contributed by atoms with Gasteiger partial charge in [-0.25, -0.2) is 4.79 Å². The summed E-state index contributed by atoms with van der Waals surface area (Å²) in [5, 5.41) is 11.3. The Hall–Kier alpha value is -3.09. The minimum atomic E-state index is -0.713. The highest BCUT2D eigenvalue weighted by molar-refractivity contribution is 5.90. The number of hydrogen-bond donors (Lipinski definition) is 0. The first kappa shape index (κ1) is 19.2. The van der Waals surface area contributed by atoms with E-state index < -0.39 is 16.6 Å². The Morgan fingerprint density at radius 2 is 1.81 bits per heavy atom. The second-order valence-electron chi connectivity index (χ2n) is 6.81. The smallest absolute Gasteiger partial charge is 0.414 e. The summed E-state index contributed by atoms with van der Waals surface area (Å²) in [6, 6.07) is 11.7. The van der Waals surface area contributed by atoms with Crippen LogP contribution >= 0.6 is 0 Å². The first-order valence-electron chi connectivity index (χ1n) is 8.07. The molecular formula is C19H22N2O5. The second-order valence-corrected chi connectivity index (χ2v) is 6.81. The van der Waals surface area contributed by atoms with E-state index in [9.17, 15) is 14.9 Å². The first-order chi connectivity index (χ1) is 12.1. The van der Waals surface area contributed by atoms with E-state index in [0.717, 1.165) is 10.5 Å². The minimum absolute atomic E-state index is 0.0929. The van der Waals surface area contributed by atoms with Gasteiger partial charge < -0.3 is 9.47 Å². The molecule has 0 heterocycles. The van der Waals surface area contributed by atoms with E-state index >= 15 is 0 Å². The third-order valence-corrected chi connectivity index (χ3v) is 3.49. The predicted octanol–water partition coefficient (Wildman–Crippen LogP) is 5.07. The van der Waals surface area contributed by atoms with Crippen molar-refractivity contribution in [3.63, 3.8) is 0 Å². The molecule has 0 aliphatic carbocycles. The van der Waals surface area contributed by atoms with E-state index in [0.29, 0.717) is 11.5 Å². The summed E-state index contributed by atoms with van der Waals surface area (Å²) in [6.07, 6.45) is -0.686. The maximum Gasteiger partial charge on any atom is 0.414 e. The molecule has 0 aliphatic heterocycles. The predicted molar refractivity (Wildman–Crippen MR) is 99.0 cm³/mol. The Labute approximate surface area is 152 Å². The Morgan fingerprint density at radius 3 is 2.38 bits per heavy atom. The molecule has 7 nitrogen and oxygen atoms in total. The van der Waals surface area contributed by atoms with Crippen LogP contribution in [0.4, 0.5) is 16.2 Å². The molecule has 0 atom stereocenters. The van der Waals surface area contributed by atoms with Crippen LogP contribution < -0.4 is 9.64 Å². The fraction of sp³-hybridized carbons (Fsp3) is 0.316. The molecule has 0 saturated carbocycles. The number of nitro groups is 1. The average molecular weight is 358 g/mol. The number of carbonyl (C=O) groups excluding carboxylic acids is 1. The molecule has 0 fully saturated rings. The van der Waals surface area contributed by atoms with Crippen LogP contribution in [0.15, 0.2) is 42.5 Å². The van der Waals surface area contributed by atoms with Crippen molar-refractivity contribution in [1.82, 2.24) is 0 Å². The van der Waals surface area contributed by atoms with E-state index in [2.05, 4.69) is 0 Å². The SMILES string of the molecule is Cc1ccccc1Oc1ccc([N+](=O)[O-])c(N(C)C(=O)OC(C)(C)C)c1. The topological polar surface area (TPSA) is 81.9 Å². The molecule has 0 unspecified atom stereocenters. The highest BCUT2D eigenvalue weighted by Gasteiger charge is 2.26. The molecule has 0 spiro atoms. The highest BCUT2D eigenvalue weighted by Crippen LogP contribution is 2.34. The van der Waals surface area contributed by atoms with Crippen molar-refractivity contribution in [2.24, 2.45) is 0 Å². The lowest BCUT2D eigenvalue weighted by atomic mass is 10.2. The van der Waals surface area contributed by atoms with Crippen LogP contribution in [0.5, 0.6) is 11.5 Å². The molecule has 2 aromatic rings. The maximum atomic E-state index is 12.3. The standard InChI is InChI=1S/C19H22N2O5/c1-13-8-6-7-9-17(13)25-14-10-11-15(21(23)24)16(12-14)20(5)18(22)26-19(2,3)4/h6-12H,1-5H3. The lowest BCUT2D eigenvalue weighted by molar-refractivity contribution is -0.384. The Kier molecular flexibility index (Phi) is 5.50. The van der Waals surface area contributed by atoms with Gasteiger partial charge in [0.1, 0.15) is 22.8 Å². The number of nitrogens with zero attached hydrogens (tertiary/aromatic N) is 2. The van der Waals surface area contributed by atoms with Gasteiger partial charge in [0.15, 0.2) is 0 Å². The van der Waals surface area contributed by atoms with Gasteiger partial charge >= 0.3 is 6.09 Å². The number of carbonyl (C=O) groups is 1. The van der Waals surface area contributed by atoms with Crippen molar-refractivity contribution >= 4 is 17.5 Å². The van der Waals surface area contributed by atoms with Crippen molar-refractivity contribution in [2.75, 3.05) is 11.9 Å². The van der Waals surface area contributed by atoms with Gasteiger partial charge in [0, 0.05) is 19.2 Å². The summed E-state index contributed by atoms with van der Waals surface area (Å²) in [6.45, 7) is 7.08. The second kappa shape index (κ2) is 7.43. The van der Waals surface area contributed by atoms with Crippen molar-refractivity contribution in [3.8, 4) is 11.5 Å². The van der Waals surface area contributed by atoms with Gasteiger partial charge in [0.25, 0.3) is 5.69 Å². The molecule has 0 bridgehead atoms. The monoisotopic (exact) mass is 358 g/mol. The van der Waals surface area contributed by atoms with Gasteiger partial charge in [0.05, 0.1) is 4.92 Å².